The molecule has 0 bridgehead atoms. The van der Waals surface area contributed by atoms with Gasteiger partial charge in [-0.2, -0.15) is 0 Å². The molecule has 0 aromatic heterocycles. The van der Waals surface area contributed by atoms with Crippen molar-refractivity contribution in [2.24, 2.45) is 0 Å². The fourth-order valence-corrected chi connectivity index (χ4v) is 7.03. The molecule has 32 heavy (non-hydrogen) atoms. The fourth-order valence-electron chi connectivity index (χ4n) is 5.05. The molecule has 1 saturated heterocycles. The number of rotatable bonds is 5. The second-order valence-corrected chi connectivity index (χ2v) is 10.9. The first-order valence-electron chi connectivity index (χ1n) is 10.5. The average molecular weight is 529 g/mol. The summed E-state index contributed by atoms with van der Waals surface area (Å²) in [4.78, 5) is 27.9. The van der Waals surface area contributed by atoms with Crippen LogP contribution in [0, 0.1) is 0 Å². The molecular formula is C24H21BrN2O3S2. The third-order valence-electron chi connectivity index (χ3n) is 6.34. The molecule has 2 aromatic rings. The standard InChI is InChI=1S/C24H21BrN2O3S2/c25-18-10-15(11-20-23(30)27(13-21(28)29)24(31)32-20)9-17-16-7-4-8-19(16)26(22(17)18)12-14-5-2-1-3-6-14/h1-3,5-6,9-11,16,19H,4,7-8,12-13H2,(H,28,29). The quantitative estimate of drug-likeness (QED) is 0.414. The topological polar surface area (TPSA) is 60.9 Å². The zero-order chi connectivity index (χ0) is 22.4. The van der Waals surface area contributed by atoms with Crippen LogP contribution in [0.1, 0.15) is 41.9 Å². The van der Waals surface area contributed by atoms with Crippen LogP contribution in [0.2, 0.25) is 0 Å². The van der Waals surface area contributed by atoms with E-state index in [0.29, 0.717) is 16.9 Å². The molecule has 1 N–H and O–H groups in total. The van der Waals surface area contributed by atoms with E-state index < -0.39 is 12.5 Å². The van der Waals surface area contributed by atoms with E-state index in [9.17, 15) is 9.59 Å². The van der Waals surface area contributed by atoms with Crippen LogP contribution >= 0.6 is 39.9 Å². The number of aliphatic carboxylic acids is 1. The Balaban J connectivity index is 1.48. The summed E-state index contributed by atoms with van der Waals surface area (Å²) in [7, 11) is 0. The molecule has 164 valence electrons. The van der Waals surface area contributed by atoms with Crippen molar-refractivity contribution in [3.8, 4) is 0 Å². The lowest BCUT2D eigenvalue weighted by Crippen LogP contribution is -2.33. The van der Waals surface area contributed by atoms with E-state index in [1.807, 2.05) is 18.2 Å². The first-order valence-corrected chi connectivity index (χ1v) is 12.6. The van der Waals surface area contributed by atoms with Crippen molar-refractivity contribution < 1.29 is 14.7 Å². The number of amides is 1. The third kappa shape index (κ3) is 3.89. The summed E-state index contributed by atoms with van der Waals surface area (Å²) in [6, 6.07) is 15.3. The van der Waals surface area contributed by atoms with Gasteiger partial charge in [0.1, 0.15) is 10.9 Å². The van der Waals surface area contributed by atoms with Gasteiger partial charge in [0, 0.05) is 23.0 Å². The van der Waals surface area contributed by atoms with Gasteiger partial charge in [0.05, 0.1) is 10.6 Å². The highest BCUT2D eigenvalue weighted by molar-refractivity contribution is 9.10. The molecular weight excluding hydrogens is 508 g/mol. The maximum atomic E-state index is 12.7. The number of anilines is 1. The molecule has 2 aromatic carbocycles. The molecule has 2 atom stereocenters. The summed E-state index contributed by atoms with van der Waals surface area (Å²) in [6.07, 6.45) is 5.40. The molecule has 2 unspecified atom stereocenters. The van der Waals surface area contributed by atoms with Crippen molar-refractivity contribution in [2.75, 3.05) is 11.4 Å². The smallest absolute Gasteiger partial charge is 0.323 e. The Morgan fingerprint density at radius 1 is 1.25 bits per heavy atom. The number of halogens is 1. The highest BCUT2D eigenvalue weighted by Gasteiger charge is 2.42. The normalized spacial score (nSPS) is 23.2. The molecule has 2 aliphatic heterocycles. The molecule has 1 amide bonds. The molecule has 1 saturated carbocycles. The SMILES string of the molecule is O=C(O)CN1C(=O)C(=Cc2cc(Br)c3c(c2)C2CCCC2N3Cc2ccccc2)SC1=S. The summed E-state index contributed by atoms with van der Waals surface area (Å²) >= 11 is 10.2. The zero-order valence-corrected chi connectivity index (χ0v) is 20.4. The summed E-state index contributed by atoms with van der Waals surface area (Å²) in [5, 5.41) is 9.05. The van der Waals surface area contributed by atoms with Gasteiger partial charge in [-0.15, -0.1) is 0 Å². The highest BCUT2D eigenvalue weighted by Crippen LogP contribution is 2.53. The van der Waals surface area contributed by atoms with Crippen LogP contribution in [0.3, 0.4) is 0 Å². The van der Waals surface area contributed by atoms with Gasteiger partial charge in [0.2, 0.25) is 0 Å². The van der Waals surface area contributed by atoms with E-state index in [4.69, 9.17) is 17.3 Å². The van der Waals surface area contributed by atoms with Crippen LogP contribution in [-0.2, 0) is 16.1 Å². The van der Waals surface area contributed by atoms with Gasteiger partial charge in [-0.05, 0) is 63.7 Å². The number of carboxylic acids is 1. The lowest BCUT2D eigenvalue weighted by molar-refractivity contribution is -0.140. The number of nitrogens with zero attached hydrogens (tertiary/aromatic N) is 2. The average Bonchev–Trinajstić information content (AvgIpc) is 3.41. The Kier molecular flexibility index (Phi) is 5.86. The van der Waals surface area contributed by atoms with E-state index in [1.54, 1.807) is 0 Å². The van der Waals surface area contributed by atoms with Gasteiger partial charge in [-0.3, -0.25) is 14.5 Å². The zero-order valence-electron chi connectivity index (χ0n) is 17.2. The maximum Gasteiger partial charge on any atom is 0.323 e. The number of hydrogen-bond acceptors (Lipinski definition) is 5. The number of fused-ring (bicyclic) bond motifs is 3. The molecule has 5 rings (SSSR count). The third-order valence-corrected chi connectivity index (χ3v) is 8.32. The first-order chi connectivity index (χ1) is 15.4. The van der Waals surface area contributed by atoms with E-state index >= 15 is 0 Å². The molecule has 0 spiro atoms. The molecule has 1 aliphatic carbocycles. The minimum Gasteiger partial charge on any atom is -0.480 e. The minimum atomic E-state index is -1.08. The number of thioether (sulfide) groups is 1. The Labute approximate surface area is 204 Å². The van der Waals surface area contributed by atoms with Crippen molar-refractivity contribution in [1.82, 2.24) is 4.90 Å². The van der Waals surface area contributed by atoms with E-state index in [1.165, 1.54) is 36.1 Å². The van der Waals surface area contributed by atoms with Crippen molar-refractivity contribution in [1.29, 1.82) is 0 Å². The fraction of sp³-hybridized carbons (Fsp3) is 0.292. The number of carbonyl (C=O) groups is 2. The number of benzene rings is 2. The molecule has 2 fully saturated rings. The summed E-state index contributed by atoms with van der Waals surface area (Å²) in [6.45, 7) is 0.467. The van der Waals surface area contributed by atoms with Crippen molar-refractivity contribution >= 4 is 67.9 Å². The molecule has 5 nitrogen and oxygen atoms in total. The first kappa shape index (κ1) is 21.7. The highest BCUT2D eigenvalue weighted by atomic mass is 79.9. The van der Waals surface area contributed by atoms with Crippen LogP contribution in [0.25, 0.3) is 6.08 Å². The summed E-state index contributed by atoms with van der Waals surface area (Å²) in [5.41, 5.74) is 4.80. The Hall–Kier alpha value is -2.16. The molecule has 8 heteroatoms. The van der Waals surface area contributed by atoms with E-state index in [0.717, 1.165) is 33.2 Å². The van der Waals surface area contributed by atoms with Crippen molar-refractivity contribution in [2.45, 2.75) is 37.8 Å². The largest absolute Gasteiger partial charge is 0.480 e. The van der Waals surface area contributed by atoms with E-state index in [2.05, 4.69) is 51.2 Å². The Bertz CT molecular complexity index is 1150. The summed E-state index contributed by atoms with van der Waals surface area (Å²) < 4.78 is 1.31. The number of thiocarbonyl (C=S) groups is 1. The van der Waals surface area contributed by atoms with Crippen LogP contribution in [0.4, 0.5) is 5.69 Å². The van der Waals surface area contributed by atoms with Gasteiger partial charge in [-0.25, -0.2) is 0 Å². The van der Waals surface area contributed by atoms with Gasteiger partial charge >= 0.3 is 5.97 Å². The number of carbonyl (C=O) groups excluding carboxylic acids is 1. The van der Waals surface area contributed by atoms with Crippen LogP contribution < -0.4 is 4.90 Å². The number of hydrogen-bond donors (Lipinski definition) is 1. The van der Waals surface area contributed by atoms with E-state index in [-0.39, 0.29) is 10.2 Å². The molecule has 3 aliphatic rings. The van der Waals surface area contributed by atoms with Gasteiger partial charge in [-0.1, -0.05) is 60.7 Å². The van der Waals surface area contributed by atoms with Gasteiger partial charge in [0.15, 0.2) is 0 Å². The molecule has 2 heterocycles. The second-order valence-electron chi connectivity index (χ2n) is 8.32. The van der Waals surface area contributed by atoms with Crippen LogP contribution in [0.5, 0.6) is 0 Å². The number of carboxylic acid groups (broad SMARTS) is 1. The minimum absolute atomic E-state index is 0.286. The predicted molar refractivity (Wildman–Crippen MR) is 135 cm³/mol. The van der Waals surface area contributed by atoms with Gasteiger partial charge < -0.3 is 10.0 Å². The molecule has 0 radical (unpaired) electrons. The Morgan fingerprint density at radius 3 is 2.78 bits per heavy atom. The monoisotopic (exact) mass is 528 g/mol. The van der Waals surface area contributed by atoms with Crippen molar-refractivity contribution in [3.05, 3.63) is 68.5 Å². The Morgan fingerprint density at radius 2 is 2.03 bits per heavy atom. The van der Waals surface area contributed by atoms with Crippen LogP contribution in [-0.4, -0.2) is 38.8 Å². The van der Waals surface area contributed by atoms with Gasteiger partial charge in [0.25, 0.3) is 5.91 Å². The maximum absolute atomic E-state index is 12.7. The van der Waals surface area contributed by atoms with Crippen LogP contribution in [0.15, 0.2) is 51.8 Å². The second kappa shape index (κ2) is 8.65. The lowest BCUT2D eigenvalue weighted by Gasteiger charge is -2.28. The van der Waals surface area contributed by atoms with Crippen molar-refractivity contribution in [3.63, 3.8) is 0 Å². The lowest BCUT2D eigenvalue weighted by atomic mass is 9.96. The predicted octanol–water partition coefficient (Wildman–Crippen LogP) is 5.39. The summed E-state index contributed by atoms with van der Waals surface area (Å²) in [5.74, 6) is -0.933.